The van der Waals surface area contributed by atoms with Crippen molar-refractivity contribution >= 4 is 69.5 Å². The van der Waals surface area contributed by atoms with Gasteiger partial charge in [-0.2, -0.15) is 20.6 Å². The van der Waals surface area contributed by atoms with Crippen molar-refractivity contribution in [3.63, 3.8) is 0 Å². The molecule has 0 spiro atoms. The normalized spacial score (nSPS) is 2.00. The van der Waals surface area contributed by atoms with Crippen molar-refractivity contribution in [3.05, 3.63) is 21.6 Å². The summed E-state index contributed by atoms with van der Waals surface area (Å²) >= 11 is 14.8. The molecule has 0 aromatic rings. The number of hydrogen-bond donors (Lipinski definition) is 0. The van der Waals surface area contributed by atoms with Crippen molar-refractivity contribution in [2.24, 2.45) is 0 Å². The third kappa shape index (κ3) is 441. The Balaban J connectivity index is -0.00000000821. The topological polar surface area (TPSA) is 89.2 Å². The Labute approximate surface area is 205 Å². The van der Waals surface area contributed by atoms with E-state index in [1.165, 1.54) is 20.6 Å². The van der Waals surface area contributed by atoms with Gasteiger partial charge in [0.2, 0.25) is 0 Å². The van der Waals surface area contributed by atoms with Gasteiger partial charge >= 0.3 is 118 Å². The van der Waals surface area contributed by atoms with Crippen LogP contribution in [0.25, 0.3) is 21.6 Å². The first-order valence-corrected chi connectivity index (χ1v) is 3.34. The van der Waals surface area contributed by atoms with Gasteiger partial charge in [-0.25, -0.2) is 0 Å². The van der Waals surface area contributed by atoms with E-state index in [0.717, 1.165) is 0 Å². The van der Waals surface area contributed by atoms with E-state index < -0.39 is 0 Å². The Hall–Kier alpha value is 3.20. The standard InChI is InChI=1S/4CNS.4Na/c4*2-1-3;;;;/q4*-1;4*+1. The average molecular weight is 324 g/mol. The molecule has 0 atom stereocenters. The molecule has 0 aromatic carbocycles. The molecule has 0 radical (unpaired) electrons. The van der Waals surface area contributed by atoms with Gasteiger partial charge in [0.25, 0.3) is 0 Å². The van der Waals surface area contributed by atoms with Gasteiger partial charge in [0.15, 0.2) is 0 Å². The Kier molecular flexibility index (Phi) is 329. The zero-order valence-corrected chi connectivity index (χ0v) is 20.7. The van der Waals surface area contributed by atoms with E-state index in [4.69, 9.17) is 21.6 Å². The molecular formula is C4N4Na4S4. The minimum Gasteiger partial charge on any atom is -0.753 e. The number of isothiocyanates is 4. The molecule has 16 heavy (non-hydrogen) atoms. The Morgan fingerprint density at radius 1 is 0.438 bits per heavy atom. The number of thiocarbonyl (C=S) groups is 4. The van der Waals surface area contributed by atoms with Crippen LogP contribution in [0.15, 0.2) is 0 Å². The van der Waals surface area contributed by atoms with Crippen molar-refractivity contribution in [2.75, 3.05) is 0 Å². The van der Waals surface area contributed by atoms with Crippen LogP contribution in [-0.4, -0.2) is 20.6 Å². The molecule has 0 aliphatic heterocycles. The van der Waals surface area contributed by atoms with Crippen LogP contribution in [0, 0.1) is 0 Å². The molecular weight excluding hydrogens is 324 g/mol. The molecule has 0 amide bonds. The fraction of sp³-hybridized carbons (Fsp3) is 0. The molecule has 0 unspecified atom stereocenters. The molecule has 0 aromatic heterocycles. The van der Waals surface area contributed by atoms with Crippen LogP contribution in [0.1, 0.15) is 0 Å². The van der Waals surface area contributed by atoms with Gasteiger partial charge in [0.1, 0.15) is 0 Å². The second-order valence-electron chi connectivity index (χ2n) is 0.365. The maximum Gasteiger partial charge on any atom is 1.00 e. The molecule has 64 valence electrons. The third-order valence-electron chi connectivity index (χ3n) is 0. The molecule has 0 N–H and O–H groups in total. The maximum absolute atomic E-state index is 7.13. The molecule has 0 saturated carbocycles. The Morgan fingerprint density at radius 2 is 0.438 bits per heavy atom. The van der Waals surface area contributed by atoms with Crippen molar-refractivity contribution in [2.45, 2.75) is 0 Å². The van der Waals surface area contributed by atoms with Gasteiger partial charge in [-0.3, -0.25) is 0 Å². The quantitative estimate of drug-likeness (QED) is 0.251. The monoisotopic (exact) mass is 324 g/mol. The van der Waals surface area contributed by atoms with E-state index in [9.17, 15) is 0 Å². The van der Waals surface area contributed by atoms with Crippen LogP contribution in [0.3, 0.4) is 0 Å². The summed E-state index contributed by atoms with van der Waals surface area (Å²) in [7, 11) is 0. The maximum atomic E-state index is 7.13. The van der Waals surface area contributed by atoms with Crippen LogP contribution in [0.5, 0.6) is 0 Å². The summed E-state index contributed by atoms with van der Waals surface area (Å²) in [5.41, 5.74) is 0. The molecule has 0 bridgehead atoms. The molecule has 4 nitrogen and oxygen atoms in total. The third-order valence-corrected chi connectivity index (χ3v) is 0. The van der Waals surface area contributed by atoms with E-state index >= 15 is 0 Å². The zero-order valence-electron chi connectivity index (χ0n) is 9.42. The van der Waals surface area contributed by atoms with Gasteiger partial charge in [0, 0.05) is 0 Å². The summed E-state index contributed by atoms with van der Waals surface area (Å²) < 4.78 is 0. The fourth-order valence-corrected chi connectivity index (χ4v) is 0. The summed E-state index contributed by atoms with van der Waals surface area (Å²) in [6.45, 7) is 0. The van der Waals surface area contributed by atoms with Crippen molar-refractivity contribution in [1.82, 2.24) is 0 Å². The van der Waals surface area contributed by atoms with Crippen molar-refractivity contribution < 1.29 is 118 Å². The first-order chi connectivity index (χ1) is 5.66. The Morgan fingerprint density at radius 3 is 0.438 bits per heavy atom. The van der Waals surface area contributed by atoms with E-state index in [1.54, 1.807) is 0 Å². The number of rotatable bonds is 0. The van der Waals surface area contributed by atoms with Gasteiger partial charge < -0.3 is 21.6 Å². The average Bonchev–Trinajstić information content (AvgIpc) is 1.92. The second kappa shape index (κ2) is 104. The molecule has 0 saturated heterocycles. The Bertz CT molecular complexity index is 164. The van der Waals surface area contributed by atoms with Gasteiger partial charge in [0.05, 0.1) is 0 Å². The molecule has 12 heteroatoms. The second-order valence-corrected chi connectivity index (χ2v) is 1.10. The summed E-state index contributed by atoms with van der Waals surface area (Å²) in [6.07, 6.45) is 0. The van der Waals surface area contributed by atoms with E-state index in [2.05, 4.69) is 48.9 Å². The van der Waals surface area contributed by atoms with Crippen LogP contribution >= 0.6 is 48.9 Å². The molecule has 0 heterocycles. The predicted octanol–water partition coefficient (Wildman–Crippen LogP) is -9.35. The zero-order chi connectivity index (χ0) is 10.8. The largest absolute Gasteiger partial charge is 1.00 e. The van der Waals surface area contributed by atoms with E-state index in [1.807, 2.05) is 0 Å². The summed E-state index contributed by atoms with van der Waals surface area (Å²) in [5.74, 6) is 0. The molecule has 0 rings (SSSR count). The van der Waals surface area contributed by atoms with E-state index in [-0.39, 0.29) is 118 Å². The van der Waals surface area contributed by atoms with Gasteiger partial charge in [-0.05, 0) is 0 Å². The first-order valence-electron chi connectivity index (χ1n) is 1.71. The van der Waals surface area contributed by atoms with Crippen molar-refractivity contribution in [3.8, 4) is 0 Å². The molecule has 0 fully saturated rings. The smallest absolute Gasteiger partial charge is 0.753 e. The molecule has 0 aliphatic rings. The van der Waals surface area contributed by atoms with Crippen molar-refractivity contribution in [1.29, 1.82) is 0 Å². The van der Waals surface area contributed by atoms with Gasteiger partial charge in [-0.1, -0.05) is 48.9 Å². The minimum absolute atomic E-state index is 0. The molecule has 0 aliphatic carbocycles. The van der Waals surface area contributed by atoms with Crippen LogP contribution < -0.4 is 118 Å². The first kappa shape index (κ1) is 50.7. The number of nitrogens with zero attached hydrogens (tertiary/aromatic N) is 4. The van der Waals surface area contributed by atoms with E-state index in [0.29, 0.717) is 0 Å². The van der Waals surface area contributed by atoms with Crippen LogP contribution in [-0.2, 0) is 0 Å². The van der Waals surface area contributed by atoms with Crippen LogP contribution in [0.2, 0.25) is 0 Å². The van der Waals surface area contributed by atoms with Gasteiger partial charge in [-0.15, -0.1) is 0 Å². The summed E-state index contributed by atoms with van der Waals surface area (Å²) in [6, 6.07) is 0. The van der Waals surface area contributed by atoms with Crippen LogP contribution in [0.4, 0.5) is 0 Å². The minimum atomic E-state index is 0. The number of hydrogen-bond acceptors (Lipinski definition) is 4. The summed E-state index contributed by atoms with van der Waals surface area (Å²) in [4.78, 5) is 0. The summed E-state index contributed by atoms with van der Waals surface area (Å²) in [5, 5.41) is 33.9. The fourth-order valence-electron chi connectivity index (χ4n) is 0. The SMILES string of the molecule is [N-]=C=S.[N-]=C=S.[N-]=C=S.[N-]=C=S.[Na+].[Na+].[Na+].[Na+]. The predicted molar refractivity (Wildman–Crippen MR) is 63.8 cm³/mol.